The largest absolute Gasteiger partial charge is 0.469 e. The number of H-pyrrole nitrogens is 1. The van der Waals surface area contributed by atoms with Crippen molar-refractivity contribution in [3.8, 4) is 0 Å². The van der Waals surface area contributed by atoms with Crippen LogP contribution in [-0.2, 0) is 31.7 Å². The summed E-state index contributed by atoms with van der Waals surface area (Å²) >= 11 is 0. The van der Waals surface area contributed by atoms with Crippen LogP contribution in [0.2, 0.25) is 0 Å². The molecule has 6 nitrogen and oxygen atoms in total. The first-order chi connectivity index (χ1) is 10.6. The highest BCUT2D eigenvalue weighted by atomic mass is 32.2. The van der Waals surface area contributed by atoms with E-state index in [9.17, 15) is 13.2 Å². The summed E-state index contributed by atoms with van der Waals surface area (Å²) < 4.78 is 31.7. The van der Waals surface area contributed by atoms with Gasteiger partial charge in [0.15, 0.2) is 0 Å². The molecule has 2 aromatic rings. The lowest BCUT2D eigenvalue weighted by Gasteiger charge is -2.20. The molecule has 0 aliphatic carbocycles. The van der Waals surface area contributed by atoms with Gasteiger partial charge in [0.1, 0.15) is 0 Å². The molecule has 1 heterocycles. The van der Waals surface area contributed by atoms with Crippen molar-refractivity contribution in [2.75, 3.05) is 7.11 Å². The van der Waals surface area contributed by atoms with Gasteiger partial charge in [0.05, 0.1) is 19.3 Å². The van der Waals surface area contributed by atoms with E-state index in [0.717, 1.165) is 16.5 Å². The number of rotatable bonds is 5. The fraction of sp³-hybridized carbons (Fsp3) is 0.438. The van der Waals surface area contributed by atoms with Gasteiger partial charge < -0.3 is 9.72 Å². The molecule has 126 valence electrons. The van der Waals surface area contributed by atoms with Crippen molar-refractivity contribution in [1.82, 2.24) is 9.71 Å². The lowest BCUT2D eigenvalue weighted by atomic mass is 10.1. The van der Waals surface area contributed by atoms with E-state index in [2.05, 4.69) is 14.4 Å². The van der Waals surface area contributed by atoms with E-state index < -0.39 is 15.6 Å². The van der Waals surface area contributed by atoms with Gasteiger partial charge in [0.25, 0.3) is 0 Å². The first kappa shape index (κ1) is 17.5. The number of fused-ring (bicyclic) bond motifs is 1. The second-order valence-corrected chi connectivity index (χ2v) is 8.28. The number of esters is 1. The average Bonchev–Trinajstić information content (AvgIpc) is 2.78. The molecule has 2 rings (SSSR count). The SMILES string of the molecule is COC(=O)Cc1c[nH]c2ccc(CS(=O)(=O)NC(C)(C)C)cc12. The Hall–Kier alpha value is -1.86. The fourth-order valence-corrected chi connectivity index (χ4v) is 4.03. The van der Waals surface area contributed by atoms with E-state index in [1.54, 1.807) is 39.1 Å². The van der Waals surface area contributed by atoms with Gasteiger partial charge in [-0.1, -0.05) is 6.07 Å². The zero-order valence-electron chi connectivity index (χ0n) is 13.8. The van der Waals surface area contributed by atoms with Crippen LogP contribution >= 0.6 is 0 Å². The van der Waals surface area contributed by atoms with Crippen LogP contribution in [0.3, 0.4) is 0 Å². The minimum atomic E-state index is -3.44. The van der Waals surface area contributed by atoms with Gasteiger partial charge in [-0.3, -0.25) is 4.79 Å². The Labute approximate surface area is 136 Å². The molecule has 0 saturated heterocycles. The molecule has 23 heavy (non-hydrogen) atoms. The Balaban J connectivity index is 2.29. The summed E-state index contributed by atoms with van der Waals surface area (Å²) in [7, 11) is -2.10. The van der Waals surface area contributed by atoms with Crippen LogP contribution in [0, 0.1) is 0 Å². The molecular formula is C16H22N2O4S. The van der Waals surface area contributed by atoms with Crippen LogP contribution in [0.5, 0.6) is 0 Å². The van der Waals surface area contributed by atoms with Crippen molar-refractivity contribution in [2.45, 2.75) is 38.5 Å². The summed E-state index contributed by atoms with van der Waals surface area (Å²) in [5.74, 6) is -0.443. The number of carbonyl (C=O) groups excluding carboxylic acids is 1. The molecule has 0 unspecified atom stereocenters. The van der Waals surface area contributed by atoms with Gasteiger partial charge in [0.2, 0.25) is 10.0 Å². The van der Waals surface area contributed by atoms with Crippen LogP contribution in [-0.4, -0.2) is 32.0 Å². The number of methoxy groups -OCH3 is 1. The highest BCUT2D eigenvalue weighted by Crippen LogP contribution is 2.22. The van der Waals surface area contributed by atoms with E-state index in [1.807, 2.05) is 6.07 Å². The minimum absolute atomic E-state index is 0.108. The van der Waals surface area contributed by atoms with Gasteiger partial charge in [-0.05, 0) is 44.0 Å². The number of aromatic amines is 1. The van der Waals surface area contributed by atoms with E-state index in [-0.39, 0.29) is 18.1 Å². The highest BCUT2D eigenvalue weighted by molar-refractivity contribution is 7.88. The Morgan fingerprint density at radius 2 is 2.00 bits per heavy atom. The number of sulfonamides is 1. The Kier molecular flexibility index (Phi) is 4.81. The van der Waals surface area contributed by atoms with Gasteiger partial charge in [-0.25, -0.2) is 13.1 Å². The summed E-state index contributed by atoms with van der Waals surface area (Å²) in [6.07, 6.45) is 1.89. The van der Waals surface area contributed by atoms with E-state index in [4.69, 9.17) is 0 Å². The lowest BCUT2D eigenvalue weighted by molar-refractivity contribution is -0.139. The number of ether oxygens (including phenoxy) is 1. The quantitative estimate of drug-likeness (QED) is 0.817. The standard InChI is InChI=1S/C16H22N2O4S/c1-16(2,3)18-23(20,21)10-11-5-6-14-13(7-11)12(9-17-14)8-15(19)22-4/h5-7,9,17-18H,8,10H2,1-4H3. The van der Waals surface area contributed by atoms with E-state index >= 15 is 0 Å². The third kappa shape index (κ3) is 4.80. The summed E-state index contributed by atoms with van der Waals surface area (Å²) in [4.78, 5) is 14.5. The zero-order chi connectivity index (χ0) is 17.3. The van der Waals surface area contributed by atoms with Crippen LogP contribution in [0.1, 0.15) is 31.9 Å². The van der Waals surface area contributed by atoms with Crippen molar-refractivity contribution in [1.29, 1.82) is 0 Å². The van der Waals surface area contributed by atoms with Gasteiger partial charge >= 0.3 is 5.97 Å². The Morgan fingerprint density at radius 1 is 1.30 bits per heavy atom. The molecule has 0 aliphatic rings. The molecule has 1 aromatic carbocycles. The number of carbonyl (C=O) groups is 1. The summed E-state index contributed by atoms with van der Waals surface area (Å²) in [5, 5.41) is 0.832. The van der Waals surface area contributed by atoms with Gasteiger partial charge in [0, 0.05) is 22.6 Å². The smallest absolute Gasteiger partial charge is 0.310 e. The molecule has 0 aliphatic heterocycles. The molecule has 0 radical (unpaired) electrons. The normalized spacial score (nSPS) is 12.5. The summed E-state index contributed by atoms with van der Waals surface area (Å²) in [5.41, 5.74) is 1.79. The lowest BCUT2D eigenvalue weighted by Crippen LogP contribution is -2.41. The summed E-state index contributed by atoms with van der Waals surface area (Å²) in [6, 6.07) is 5.38. The molecule has 2 N–H and O–H groups in total. The number of hydrogen-bond donors (Lipinski definition) is 2. The maximum atomic E-state index is 12.2. The van der Waals surface area contributed by atoms with E-state index in [1.165, 1.54) is 7.11 Å². The summed E-state index contributed by atoms with van der Waals surface area (Å²) in [6.45, 7) is 5.40. The molecule has 0 bridgehead atoms. The van der Waals surface area contributed by atoms with Gasteiger partial charge in [-0.2, -0.15) is 0 Å². The first-order valence-electron chi connectivity index (χ1n) is 7.27. The van der Waals surface area contributed by atoms with Crippen LogP contribution in [0.25, 0.3) is 10.9 Å². The van der Waals surface area contributed by atoms with E-state index in [0.29, 0.717) is 5.56 Å². The molecular weight excluding hydrogens is 316 g/mol. The fourth-order valence-electron chi connectivity index (χ4n) is 2.41. The molecule has 0 saturated carbocycles. The molecule has 0 spiro atoms. The number of hydrogen-bond acceptors (Lipinski definition) is 4. The first-order valence-corrected chi connectivity index (χ1v) is 8.92. The van der Waals surface area contributed by atoms with Crippen LogP contribution in [0.15, 0.2) is 24.4 Å². The van der Waals surface area contributed by atoms with Gasteiger partial charge in [-0.15, -0.1) is 0 Å². The predicted molar refractivity (Wildman–Crippen MR) is 89.5 cm³/mol. The third-order valence-electron chi connectivity index (χ3n) is 3.21. The molecule has 0 atom stereocenters. The number of benzene rings is 1. The average molecular weight is 338 g/mol. The molecule has 1 aromatic heterocycles. The Morgan fingerprint density at radius 3 is 2.61 bits per heavy atom. The molecule has 0 amide bonds. The maximum absolute atomic E-state index is 12.2. The second kappa shape index (κ2) is 6.33. The molecule has 0 fully saturated rings. The van der Waals surface area contributed by atoms with Crippen molar-refractivity contribution < 1.29 is 17.9 Å². The highest BCUT2D eigenvalue weighted by Gasteiger charge is 2.20. The zero-order valence-corrected chi connectivity index (χ0v) is 14.6. The topological polar surface area (TPSA) is 88.3 Å². The monoisotopic (exact) mass is 338 g/mol. The van der Waals surface area contributed by atoms with Crippen molar-refractivity contribution in [3.05, 3.63) is 35.5 Å². The number of aromatic nitrogens is 1. The van der Waals surface area contributed by atoms with Crippen LogP contribution in [0.4, 0.5) is 0 Å². The molecule has 7 heteroatoms. The van der Waals surface area contributed by atoms with Crippen molar-refractivity contribution >= 4 is 26.9 Å². The Bertz CT molecular complexity index is 816. The maximum Gasteiger partial charge on any atom is 0.310 e. The van der Waals surface area contributed by atoms with Crippen LogP contribution < -0.4 is 4.72 Å². The van der Waals surface area contributed by atoms with Crippen molar-refractivity contribution in [2.24, 2.45) is 0 Å². The minimum Gasteiger partial charge on any atom is -0.469 e. The predicted octanol–water partition coefficient (Wildman–Crippen LogP) is 2.10. The third-order valence-corrected chi connectivity index (χ3v) is 4.85. The second-order valence-electron chi connectivity index (χ2n) is 6.56. The number of nitrogens with one attached hydrogen (secondary N) is 2. The van der Waals surface area contributed by atoms with Crippen molar-refractivity contribution in [3.63, 3.8) is 0 Å².